The maximum Gasteiger partial charge on any atom is 0.407 e. The van der Waals surface area contributed by atoms with Crippen molar-refractivity contribution in [3.63, 3.8) is 0 Å². The molecule has 14 heteroatoms. The molecule has 0 aromatic heterocycles. The number of hydrogen-bond donors (Lipinski definition) is 3. The topological polar surface area (TPSA) is 117 Å². The van der Waals surface area contributed by atoms with Crippen LogP contribution in [0, 0.1) is 23.3 Å². The molecule has 1 aliphatic heterocycles. The molecule has 0 bridgehead atoms. The summed E-state index contributed by atoms with van der Waals surface area (Å²) in [5, 5.41) is 8.26. The predicted molar refractivity (Wildman–Crippen MR) is 165 cm³/mol. The van der Waals surface area contributed by atoms with E-state index in [1.165, 1.54) is 34.6 Å². The molecule has 248 valence electrons. The monoisotopic (exact) mass is 664 g/mol. The highest BCUT2D eigenvalue weighted by Gasteiger charge is 2.37. The molecule has 4 atom stereocenters. The van der Waals surface area contributed by atoms with Crippen LogP contribution in [0.15, 0.2) is 60.7 Å². The number of sulfonamides is 1. The van der Waals surface area contributed by atoms with E-state index < -0.39 is 63.3 Å². The number of rotatable bonds is 11. The SMILES string of the molecule is CC[C@H]1CNC[C@H](CCc2c(F)cccc2NC(=O)[C@@H](NC(=O)OC)[C@@H](c2ccc(F)cc2)c2cc(F)cc(F)c2)N1S(C)(=O)=O. The van der Waals surface area contributed by atoms with Crippen molar-refractivity contribution >= 4 is 27.7 Å². The maximum atomic E-state index is 15.3. The number of anilines is 1. The Hall–Kier alpha value is -4.01. The smallest absolute Gasteiger partial charge is 0.407 e. The number of ether oxygens (including phenoxy) is 1. The van der Waals surface area contributed by atoms with E-state index >= 15 is 4.39 Å². The third-order valence-corrected chi connectivity index (χ3v) is 9.35. The quantitative estimate of drug-likeness (QED) is 0.257. The lowest BCUT2D eigenvalue weighted by atomic mass is 9.84. The molecule has 3 aromatic carbocycles. The van der Waals surface area contributed by atoms with Crippen LogP contribution in [-0.2, 0) is 26.0 Å². The number of carbonyl (C=O) groups is 2. The number of methoxy groups -OCH3 is 1. The molecule has 0 aliphatic carbocycles. The van der Waals surface area contributed by atoms with Gasteiger partial charge in [0.25, 0.3) is 0 Å². The summed E-state index contributed by atoms with van der Waals surface area (Å²) in [7, 11) is -2.51. The number of carbonyl (C=O) groups excluding carboxylic acids is 2. The Bertz CT molecular complexity index is 1640. The first-order valence-corrected chi connectivity index (χ1v) is 16.5. The number of hydrogen-bond acceptors (Lipinski definition) is 6. The summed E-state index contributed by atoms with van der Waals surface area (Å²) in [6.45, 7) is 2.72. The van der Waals surface area contributed by atoms with E-state index in [2.05, 4.69) is 16.0 Å². The fraction of sp³-hybridized carbons (Fsp3) is 0.375. The minimum Gasteiger partial charge on any atom is -0.453 e. The van der Waals surface area contributed by atoms with Crippen molar-refractivity contribution in [3.05, 3.63) is 101 Å². The third-order valence-electron chi connectivity index (χ3n) is 7.99. The van der Waals surface area contributed by atoms with Crippen LogP contribution >= 0.6 is 0 Å². The lowest BCUT2D eigenvalue weighted by Gasteiger charge is -2.40. The molecule has 1 saturated heterocycles. The van der Waals surface area contributed by atoms with Gasteiger partial charge in [-0.05, 0) is 66.8 Å². The molecule has 3 aromatic rings. The fourth-order valence-electron chi connectivity index (χ4n) is 5.93. The van der Waals surface area contributed by atoms with E-state index in [4.69, 9.17) is 4.74 Å². The van der Waals surface area contributed by atoms with Gasteiger partial charge in [0.1, 0.15) is 29.3 Å². The molecule has 2 amide bonds. The summed E-state index contributed by atoms with van der Waals surface area (Å²) in [6.07, 6.45) is 0.948. The molecule has 1 aliphatic rings. The average Bonchev–Trinajstić information content (AvgIpc) is 3.00. The van der Waals surface area contributed by atoms with Gasteiger partial charge in [-0.15, -0.1) is 0 Å². The summed E-state index contributed by atoms with van der Waals surface area (Å²) in [5.41, 5.74) is 0.330. The van der Waals surface area contributed by atoms with Gasteiger partial charge in [-0.2, -0.15) is 4.31 Å². The van der Waals surface area contributed by atoms with E-state index in [-0.39, 0.29) is 41.3 Å². The molecule has 1 heterocycles. The van der Waals surface area contributed by atoms with Crippen molar-refractivity contribution < 1.29 is 40.3 Å². The van der Waals surface area contributed by atoms with Crippen molar-refractivity contribution in [3.8, 4) is 0 Å². The first kappa shape index (κ1) is 34.9. The highest BCUT2D eigenvalue weighted by molar-refractivity contribution is 7.88. The highest BCUT2D eigenvalue weighted by Crippen LogP contribution is 2.32. The Morgan fingerprint density at radius 1 is 0.957 bits per heavy atom. The molecule has 46 heavy (non-hydrogen) atoms. The fourth-order valence-corrected chi connectivity index (χ4v) is 7.42. The Morgan fingerprint density at radius 2 is 1.61 bits per heavy atom. The second-order valence-electron chi connectivity index (χ2n) is 11.1. The number of nitrogens with one attached hydrogen (secondary N) is 3. The van der Waals surface area contributed by atoms with Gasteiger partial charge in [0, 0.05) is 48.4 Å². The Balaban J connectivity index is 1.70. The zero-order chi connectivity index (χ0) is 33.6. The normalized spacial score (nSPS) is 18.4. The van der Waals surface area contributed by atoms with Gasteiger partial charge >= 0.3 is 6.09 Å². The molecule has 0 spiro atoms. The number of benzene rings is 3. The summed E-state index contributed by atoms with van der Waals surface area (Å²) in [4.78, 5) is 26.4. The van der Waals surface area contributed by atoms with Crippen molar-refractivity contribution in [1.29, 1.82) is 0 Å². The standard InChI is InChI=1S/C32H36F4N4O5S/c1-4-24-17-37-18-25(40(24)46(3,43)44)12-13-26-27(36)6-5-7-28(26)38-31(41)30(39-32(42)45-2)29(19-8-10-21(33)11-9-19)20-14-22(34)16-23(35)15-20/h5-11,14-16,24-25,29-30,37H,4,12-13,17-18H2,1-3H3,(H,38,41)(H,39,42)/t24-,25-,29-,30-/m0/s1. The number of alkyl carbamates (subject to hydrolysis) is 1. The molecular weight excluding hydrogens is 628 g/mol. The minimum absolute atomic E-state index is 0.0443. The van der Waals surface area contributed by atoms with Crippen LogP contribution in [0.2, 0.25) is 0 Å². The van der Waals surface area contributed by atoms with E-state index in [9.17, 15) is 31.2 Å². The van der Waals surface area contributed by atoms with Crippen molar-refractivity contribution in [2.75, 3.05) is 31.8 Å². The van der Waals surface area contributed by atoms with Gasteiger partial charge in [0.2, 0.25) is 15.9 Å². The number of halogens is 4. The van der Waals surface area contributed by atoms with Gasteiger partial charge in [0.05, 0.1) is 13.4 Å². The molecule has 4 rings (SSSR count). The van der Waals surface area contributed by atoms with Crippen LogP contribution < -0.4 is 16.0 Å². The largest absolute Gasteiger partial charge is 0.453 e. The van der Waals surface area contributed by atoms with Crippen LogP contribution in [0.25, 0.3) is 0 Å². The molecule has 0 saturated carbocycles. The second kappa shape index (κ2) is 15.1. The van der Waals surface area contributed by atoms with Gasteiger partial charge in [-0.25, -0.2) is 30.8 Å². The first-order valence-electron chi connectivity index (χ1n) is 14.7. The van der Waals surface area contributed by atoms with Gasteiger partial charge < -0.3 is 20.7 Å². The van der Waals surface area contributed by atoms with E-state index in [0.717, 1.165) is 37.6 Å². The van der Waals surface area contributed by atoms with Gasteiger partial charge in [0.15, 0.2) is 0 Å². The summed E-state index contributed by atoms with van der Waals surface area (Å²) < 4.78 is 89.4. The Morgan fingerprint density at radius 3 is 2.22 bits per heavy atom. The number of piperazine rings is 1. The first-order chi connectivity index (χ1) is 21.8. The van der Waals surface area contributed by atoms with Gasteiger partial charge in [-0.1, -0.05) is 25.1 Å². The van der Waals surface area contributed by atoms with E-state index in [0.29, 0.717) is 25.6 Å². The van der Waals surface area contributed by atoms with Crippen molar-refractivity contribution in [2.45, 2.75) is 50.2 Å². The zero-order valence-corrected chi connectivity index (χ0v) is 26.3. The zero-order valence-electron chi connectivity index (χ0n) is 25.5. The summed E-state index contributed by atoms with van der Waals surface area (Å²) in [6, 6.07) is 9.12. The van der Waals surface area contributed by atoms with Crippen molar-refractivity contribution in [1.82, 2.24) is 14.9 Å². The molecule has 0 radical (unpaired) electrons. The van der Waals surface area contributed by atoms with Crippen LogP contribution in [0.1, 0.15) is 42.4 Å². The van der Waals surface area contributed by atoms with Crippen molar-refractivity contribution in [2.24, 2.45) is 0 Å². The third kappa shape index (κ3) is 8.42. The Labute approximate surface area is 265 Å². The van der Waals surface area contributed by atoms with Crippen LogP contribution in [0.5, 0.6) is 0 Å². The van der Waals surface area contributed by atoms with E-state index in [1.54, 1.807) is 0 Å². The number of amides is 2. The predicted octanol–water partition coefficient (Wildman–Crippen LogP) is 4.68. The van der Waals surface area contributed by atoms with Crippen LogP contribution in [-0.4, -0.2) is 69.3 Å². The molecule has 0 unspecified atom stereocenters. The minimum atomic E-state index is -3.58. The average molecular weight is 665 g/mol. The Kier molecular flexibility index (Phi) is 11.4. The number of nitrogens with zero attached hydrogens (tertiary/aromatic N) is 1. The second-order valence-corrected chi connectivity index (χ2v) is 13.0. The summed E-state index contributed by atoms with van der Waals surface area (Å²) in [5.74, 6) is -5.29. The molecule has 3 N–H and O–H groups in total. The maximum absolute atomic E-state index is 15.3. The molecule has 9 nitrogen and oxygen atoms in total. The van der Waals surface area contributed by atoms with Gasteiger partial charge in [-0.3, -0.25) is 4.79 Å². The van der Waals surface area contributed by atoms with Crippen LogP contribution in [0.3, 0.4) is 0 Å². The van der Waals surface area contributed by atoms with Crippen LogP contribution in [0.4, 0.5) is 28.0 Å². The molecule has 1 fully saturated rings. The van der Waals surface area contributed by atoms with E-state index in [1.807, 2.05) is 6.92 Å². The highest BCUT2D eigenvalue weighted by atomic mass is 32.2. The summed E-state index contributed by atoms with van der Waals surface area (Å²) >= 11 is 0. The lowest BCUT2D eigenvalue weighted by molar-refractivity contribution is -0.118. The molecular formula is C32H36F4N4O5S. The lowest BCUT2D eigenvalue weighted by Crippen LogP contribution is -2.58.